The van der Waals surface area contributed by atoms with Crippen molar-refractivity contribution in [2.75, 3.05) is 31.1 Å². The zero-order valence-electron chi connectivity index (χ0n) is 13.3. The molecular weight excluding hydrogens is 320 g/mol. The minimum atomic E-state index is 0.778. The van der Waals surface area contributed by atoms with Gasteiger partial charge in [-0.25, -0.2) is 0 Å². The Morgan fingerprint density at radius 2 is 1.71 bits per heavy atom. The number of anilines is 1. The maximum atomic E-state index is 5.96. The third-order valence-electron chi connectivity index (χ3n) is 4.43. The fourth-order valence-corrected chi connectivity index (χ4v) is 3.19. The molecule has 1 aliphatic rings. The first-order valence-electron chi connectivity index (χ1n) is 8.15. The van der Waals surface area contributed by atoms with E-state index in [9.17, 15) is 0 Å². The number of rotatable bonds is 3. The zero-order chi connectivity index (χ0) is 16.4. The zero-order valence-corrected chi connectivity index (χ0v) is 14.1. The number of hydrazone groups is 1. The Balaban J connectivity index is 1.40. The van der Waals surface area contributed by atoms with E-state index in [1.54, 1.807) is 0 Å². The van der Waals surface area contributed by atoms with Gasteiger partial charge in [0.2, 0.25) is 0 Å². The largest absolute Gasteiger partial charge is 0.368 e. The lowest BCUT2D eigenvalue weighted by atomic mass is 10.2. The molecule has 1 N–H and O–H groups in total. The van der Waals surface area contributed by atoms with Crippen LogP contribution in [0.25, 0.3) is 10.9 Å². The van der Waals surface area contributed by atoms with Crippen LogP contribution in [0.1, 0.15) is 5.56 Å². The maximum absolute atomic E-state index is 5.96. The molecule has 0 unspecified atom stereocenters. The van der Waals surface area contributed by atoms with Crippen LogP contribution >= 0.6 is 11.6 Å². The predicted molar refractivity (Wildman–Crippen MR) is 101 cm³/mol. The minimum absolute atomic E-state index is 0.778. The first kappa shape index (κ1) is 15.1. The van der Waals surface area contributed by atoms with Gasteiger partial charge in [0.25, 0.3) is 0 Å². The van der Waals surface area contributed by atoms with Crippen molar-refractivity contribution >= 4 is 34.4 Å². The van der Waals surface area contributed by atoms with Gasteiger partial charge in [-0.1, -0.05) is 29.8 Å². The average Bonchev–Trinajstić information content (AvgIpc) is 3.04. The van der Waals surface area contributed by atoms with Gasteiger partial charge in [-0.3, -0.25) is 5.01 Å². The number of hydrogen-bond donors (Lipinski definition) is 1. The summed E-state index contributed by atoms with van der Waals surface area (Å²) in [5.41, 5.74) is 3.50. The van der Waals surface area contributed by atoms with Crippen LogP contribution in [-0.2, 0) is 0 Å². The fourth-order valence-electron chi connectivity index (χ4n) is 3.07. The van der Waals surface area contributed by atoms with Crippen molar-refractivity contribution in [3.05, 3.63) is 65.3 Å². The second kappa shape index (κ2) is 6.57. The first-order valence-corrected chi connectivity index (χ1v) is 8.53. The van der Waals surface area contributed by atoms with Gasteiger partial charge in [0.05, 0.1) is 19.3 Å². The molecule has 2 heterocycles. The van der Waals surface area contributed by atoms with Crippen molar-refractivity contribution in [3.8, 4) is 0 Å². The first-order chi connectivity index (χ1) is 11.8. The normalized spacial score (nSPS) is 15.5. The summed E-state index contributed by atoms with van der Waals surface area (Å²) < 4.78 is 0. The van der Waals surface area contributed by atoms with Crippen LogP contribution < -0.4 is 4.90 Å². The summed E-state index contributed by atoms with van der Waals surface area (Å²) in [6.45, 7) is 3.77. The molecule has 5 heteroatoms. The summed E-state index contributed by atoms with van der Waals surface area (Å²) >= 11 is 5.96. The van der Waals surface area contributed by atoms with E-state index in [0.717, 1.165) is 42.3 Å². The Bertz CT molecular complexity index is 845. The van der Waals surface area contributed by atoms with Gasteiger partial charge >= 0.3 is 0 Å². The number of piperazine rings is 1. The van der Waals surface area contributed by atoms with E-state index >= 15 is 0 Å². The lowest BCUT2D eigenvalue weighted by Gasteiger charge is -2.34. The highest BCUT2D eigenvalue weighted by molar-refractivity contribution is 6.30. The number of aromatic nitrogens is 1. The van der Waals surface area contributed by atoms with E-state index < -0.39 is 0 Å². The van der Waals surface area contributed by atoms with E-state index in [1.165, 1.54) is 11.1 Å². The van der Waals surface area contributed by atoms with Crippen molar-refractivity contribution in [1.29, 1.82) is 0 Å². The van der Waals surface area contributed by atoms with E-state index in [0.29, 0.717) is 0 Å². The molecule has 2 aromatic carbocycles. The van der Waals surface area contributed by atoms with Crippen LogP contribution in [0.3, 0.4) is 0 Å². The van der Waals surface area contributed by atoms with Crippen molar-refractivity contribution in [3.63, 3.8) is 0 Å². The summed E-state index contributed by atoms with van der Waals surface area (Å²) in [6, 6.07) is 16.3. The monoisotopic (exact) mass is 338 g/mol. The lowest BCUT2D eigenvalue weighted by Crippen LogP contribution is -2.44. The molecule has 24 heavy (non-hydrogen) atoms. The quantitative estimate of drug-likeness (QED) is 0.733. The fraction of sp³-hybridized carbons (Fsp3) is 0.211. The third kappa shape index (κ3) is 3.10. The smallest absolute Gasteiger partial charge is 0.0564 e. The van der Waals surface area contributed by atoms with Crippen molar-refractivity contribution in [2.24, 2.45) is 5.10 Å². The molecule has 1 aromatic heterocycles. The van der Waals surface area contributed by atoms with Crippen molar-refractivity contribution in [1.82, 2.24) is 9.99 Å². The van der Waals surface area contributed by atoms with E-state index in [4.69, 9.17) is 11.6 Å². The summed E-state index contributed by atoms with van der Waals surface area (Å²) in [5, 5.41) is 8.78. The molecule has 0 aliphatic carbocycles. The van der Waals surface area contributed by atoms with Crippen LogP contribution in [-0.4, -0.2) is 42.4 Å². The Labute approximate surface area is 146 Å². The predicted octanol–water partition coefficient (Wildman–Crippen LogP) is 3.98. The molecule has 0 saturated carbocycles. The molecule has 1 fully saturated rings. The second-order valence-electron chi connectivity index (χ2n) is 5.95. The van der Waals surface area contributed by atoms with Gasteiger partial charge in [-0.15, -0.1) is 0 Å². The number of nitrogens with zero attached hydrogens (tertiary/aromatic N) is 3. The maximum Gasteiger partial charge on any atom is 0.0564 e. The number of H-pyrrole nitrogens is 1. The highest BCUT2D eigenvalue weighted by Gasteiger charge is 2.15. The van der Waals surface area contributed by atoms with E-state index in [1.807, 2.05) is 30.6 Å². The molecule has 0 bridgehead atoms. The number of aromatic amines is 1. The SMILES string of the molecule is Clc1ccc(N2CCN(/N=C/c3c[nH]c4ccccc34)CC2)cc1. The third-order valence-corrected chi connectivity index (χ3v) is 4.68. The number of hydrogen-bond acceptors (Lipinski definition) is 3. The number of fused-ring (bicyclic) bond motifs is 1. The Morgan fingerprint density at radius 3 is 2.50 bits per heavy atom. The van der Waals surface area contributed by atoms with Crippen molar-refractivity contribution in [2.45, 2.75) is 0 Å². The van der Waals surface area contributed by atoms with Gasteiger partial charge in [0.1, 0.15) is 0 Å². The molecule has 1 saturated heterocycles. The molecular formula is C19H19ClN4. The minimum Gasteiger partial charge on any atom is -0.368 e. The average molecular weight is 339 g/mol. The number of nitrogens with one attached hydrogen (secondary N) is 1. The van der Waals surface area contributed by atoms with Crippen LogP contribution in [0.4, 0.5) is 5.69 Å². The molecule has 0 spiro atoms. The summed E-state index contributed by atoms with van der Waals surface area (Å²) in [7, 11) is 0. The molecule has 0 amide bonds. The summed E-state index contributed by atoms with van der Waals surface area (Å²) in [6.07, 6.45) is 3.97. The van der Waals surface area contributed by atoms with Gasteiger partial charge in [-0.2, -0.15) is 5.10 Å². The second-order valence-corrected chi connectivity index (χ2v) is 6.39. The van der Waals surface area contributed by atoms with E-state index in [-0.39, 0.29) is 0 Å². The van der Waals surface area contributed by atoms with Crippen LogP contribution in [0.5, 0.6) is 0 Å². The Hall–Kier alpha value is -2.46. The Kier molecular flexibility index (Phi) is 4.13. The van der Waals surface area contributed by atoms with Gasteiger partial charge < -0.3 is 9.88 Å². The molecule has 0 radical (unpaired) electrons. The molecule has 4 rings (SSSR count). The molecule has 0 atom stereocenters. The van der Waals surface area contributed by atoms with Gasteiger partial charge in [0, 0.05) is 46.5 Å². The highest BCUT2D eigenvalue weighted by Crippen LogP contribution is 2.20. The number of benzene rings is 2. The van der Waals surface area contributed by atoms with Crippen LogP contribution in [0.2, 0.25) is 5.02 Å². The van der Waals surface area contributed by atoms with E-state index in [2.05, 4.69) is 50.3 Å². The van der Waals surface area contributed by atoms with Crippen LogP contribution in [0, 0.1) is 0 Å². The molecule has 1 aliphatic heterocycles. The summed E-state index contributed by atoms with van der Waals surface area (Å²) in [5.74, 6) is 0. The van der Waals surface area contributed by atoms with Gasteiger partial charge in [0.15, 0.2) is 0 Å². The summed E-state index contributed by atoms with van der Waals surface area (Å²) in [4.78, 5) is 5.65. The number of para-hydroxylation sites is 1. The lowest BCUT2D eigenvalue weighted by molar-refractivity contribution is 0.272. The van der Waals surface area contributed by atoms with Crippen LogP contribution in [0.15, 0.2) is 59.8 Å². The highest BCUT2D eigenvalue weighted by atomic mass is 35.5. The Morgan fingerprint density at radius 1 is 0.958 bits per heavy atom. The number of halogens is 1. The van der Waals surface area contributed by atoms with Gasteiger partial charge in [-0.05, 0) is 30.3 Å². The topological polar surface area (TPSA) is 34.6 Å². The van der Waals surface area contributed by atoms with Crippen molar-refractivity contribution < 1.29 is 0 Å². The molecule has 122 valence electrons. The molecule has 4 nitrogen and oxygen atoms in total. The molecule has 3 aromatic rings. The standard InChI is InChI=1S/C19H19ClN4/c20-16-5-7-17(8-6-16)23-9-11-24(12-10-23)22-14-15-13-21-19-4-2-1-3-18(15)19/h1-8,13-14,21H,9-12H2/b22-14+.